The van der Waals surface area contributed by atoms with Gasteiger partial charge < -0.3 is 4.74 Å². The smallest absolute Gasteiger partial charge is 0.273 e. The maximum absolute atomic E-state index is 10.8. The van der Waals surface area contributed by atoms with Crippen molar-refractivity contribution in [2.75, 3.05) is 0 Å². The molecule has 98 valence electrons. The molecule has 1 heterocycles. The maximum atomic E-state index is 10.8. The summed E-state index contributed by atoms with van der Waals surface area (Å²) in [5.41, 5.74) is 0.816. The number of hydrogen-bond acceptors (Lipinski definition) is 4. The number of pyridine rings is 1. The van der Waals surface area contributed by atoms with Crippen LogP contribution < -0.4 is 4.74 Å². The molecule has 0 amide bonds. The van der Waals surface area contributed by atoms with Gasteiger partial charge in [0.2, 0.25) is 0 Å². The number of non-ortho nitro benzene ring substituents is 1. The van der Waals surface area contributed by atoms with Crippen molar-refractivity contribution in [2.24, 2.45) is 0 Å². The van der Waals surface area contributed by atoms with Crippen molar-refractivity contribution in [2.45, 2.75) is 0 Å². The molecule has 0 aliphatic heterocycles. The summed E-state index contributed by atoms with van der Waals surface area (Å²) < 4.78 is 5.74. The maximum Gasteiger partial charge on any atom is 0.273 e. The van der Waals surface area contributed by atoms with Gasteiger partial charge in [-0.1, -0.05) is 18.2 Å². The van der Waals surface area contributed by atoms with Crippen LogP contribution >= 0.6 is 0 Å². The highest BCUT2D eigenvalue weighted by molar-refractivity contribution is 5.84. The molecule has 0 fully saturated rings. The summed E-state index contributed by atoms with van der Waals surface area (Å²) in [6, 6.07) is 15.4. The van der Waals surface area contributed by atoms with Gasteiger partial charge >= 0.3 is 0 Å². The summed E-state index contributed by atoms with van der Waals surface area (Å²) in [5.74, 6) is 1.05. The third kappa shape index (κ3) is 2.29. The fourth-order valence-electron chi connectivity index (χ4n) is 1.95. The molecule has 3 rings (SSSR count). The number of ether oxygens (including phenoxy) is 1. The molecule has 1 aromatic heterocycles. The molecular weight excluding hydrogens is 256 g/mol. The Hall–Kier alpha value is -2.95. The van der Waals surface area contributed by atoms with E-state index in [1.807, 2.05) is 24.3 Å². The van der Waals surface area contributed by atoms with Gasteiger partial charge in [-0.15, -0.1) is 0 Å². The van der Waals surface area contributed by atoms with Crippen LogP contribution in [0.5, 0.6) is 11.5 Å². The summed E-state index contributed by atoms with van der Waals surface area (Å²) in [4.78, 5) is 14.6. The Bertz CT molecular complexity index is 781. The predicted octanol–water partition coefficient (Wildman–Crippen LogP) is 3.94. The van der Waals surface area contributed by atoms with Gasteiger partial charge in [0.05, 0.1) is 16.5 Å². The average Bonchev–Trinajstić information content (AvgIpc) is 2.48. The van der Waals surface area contributed by atoms with Gasteiger partial charge in [-0.05, 0) is 24.3 Å². The molecular formula is C15H10N2O3. The highest BCUT2D eigenvalue weighted by atomic mass is 16.6. The first-order chi connectivity index (χ1) is 9.74. The molecule has 0 unspecified atom stereocenters. The summed E-state index contributed by atoms with van der Waals surface area (Å²) >= 11 is 0. The molecule has 0 spiro atoms. The second-order valence-corrected chi connectivity index (χ2v) is 4.18. The van der Waals surface area contributed by atoms with Crippen LogP contribution in [0.2, 0.25) is 0 Å². The molecule has 0 aliphatic carbocycles. The molecule has 0 radical (unpaired) electrons. The second-order valence-electron chi connectivity index (χ2n) is 4.18. The monoisotopic (exact) mass is 266 g/mol. The lowest BCUT2D eigenvalue weighted by Gasteiger charge is -2.08. The predicted molar refractivity (Wildman–Crippen MR) is 74.9 cm³/mol. The van der Waals surface area contributed by atoms with Gasteiger partial charge in [-0.25, -0.2) is 0 Å². The Morgan fingerprint density at radius 2 is 1.90 bits per heavy atom. The fourth-order valence-corrected chi connectivity index (χ4v) is 1.95. The van der Waals surface area contributed by atoms with E-state index in [2.05, 4.69) is 4.98 Å². The van der Waals surface area contributed by atoms with Gasteiger partial charge in [0.15, 0.2) is 0 Å². The number of para-hydroxylation sites is 1. The summed E-state index contributed by atoms with van der Waals surface area (Å²) in [6.07, 6.45) is 1.65. The Morgan fingerprint density at radius 1 is 1.05 bits per heavy atom. The van der Waals surface area contributed by atoms with E-state index < -0.39 is 4.92 Å². The molecule has 0 N–H and O–H groups in total. The highest BCUT2D eigenvalue weighted by Gasteiger charge is 2.08. The Balaban J connectivity index is 2.01. The Morgan fingerprint density at radius 3 is 2.75 bits per heavy atom. The van der Waals surface area contributed by atoms with E-state index in [1.54, 1.807) is 24.4 Å². The van der Waals surface area contributed by atoms with Crippen LogP contribution in [0.25, 0.3) is 10.9 Å². The van der Waals surface area contributed by atoms with Gasteiger partial charge in [0.1, 0.15) is 11.5 Å². The number of hydrogen-bond donors (Lipinski definition) is 0. The molecule has 0 bridgehead atoms. The minimum absolute atomic E-state index is 0.000798. The number of nitrogens with zero attached hydrogens (tertiary/aromatic N) is 2. The van der Waals surface area contributed by atoms with E-state index in [9.17, 15) is 10.1 Å². The third-order valence-corrected chi connectivity index (χ3v) is 2.87. The molecule has 3 aromatic rings. The van der Waals surface area contributed by atoms with E-state index in [4.69, 9.17) is 4.74 Å². The van der Waals surface area contributed by atoms with Gasteiger partial charge in [-0.3, -0.25) is 15.1 Å². The van der Waals surface area contributed by atoms with Crippen molar-refractivity contribution in [3.8, 4) is 11.5 Å². The molecule has 5 heteroatoms. The van der Waals surface area contributed by atoms with Crippen molar-refractivity contribution < 1.29 is 9.66 Å². The molecule has 0 atom stereocenters. The second kappa shape index (κ2) is 4.97. The van der Waals surface area contributed by atoms with Gasteiger partial charge in [-0.2, -0.15) is 0 Å². The first-order valence-corrected chi connectivity index (χ1v) is 6.00. The molecule has 5 nitrogen and oxygen atoms in total. The number of fused-ring (bicyclic) bond motifs is 1. The summed E-state index contributed by atoms with van der Waals surface area (Å²) in [7, 11) is 0. The zero-order valence-corrected chi connectivity index (χ0v) is 10.4. The Labute approximate surface area is 114 Å². The zero-order valence-electron chi connectivity index (χ0n) is 10.4. The number of rotatable bonds is 3. The van der Waals surface area contributed by atoms with Gasteiger partial charge in [0, 0.05) is 17.6 Å². The van der Waals surface area contributed by atoms with Gasteiger partial charge in [0.25, 0.3) is 5.69 Å². The molecule has 2 aromatic carbocycles. The van der Waals surface area contributed by atoms with E-state index in [-0.39, 0.29) is 5.69 Å². The normalized spacial score (nSPS) is 10.4. The van der Waals surface area contributed by atoms with E-state index in [1.165, 1.54) is 12.1 Å². The number of nitro groups is 1. The molecule has 20 heavy (non-hydrogen) atoms. The van der Waals surface area contributed by atoms with Crippen LogP contribution in [0.3, 0.4) is 0 Å². The summed E-state index contributed by atoms with van der Waals surface area (Å²) in [6.45, 7) is 0. The third-order valence-electron chi connectivity index (χ3n) is 2.87. The van der Waals surface area contributed by atoms with Crippen molar-refractivity contribution in [1.82, 2.24) is 4.98 Å². The summed E-state index contributed by atoms with van der Waals surface area (Å²) in [5, 5.41) is 11.6. The SMILES string of the molecule is O=[N+]([O-])c1cccc(Oc2ccnc3ccccc23)c1. The van der Waals surface area contributed by atoms with Crippen molar-refractivity contribution in [3.05, 3.63) is 70.9 Å². The average molecular weight is 266 g/mol. The highest BCUT2D eigenvalue weighted by Crippen LogP contribution is 2.30. The first kappa shape index (κ1) is 12.1. The van der Waals surface area contributed by atoms with Crippen molar-refractivity contribution in [1.29, 1.82) is 0 Å². The lowest BCUT2D eigenvalue weighted by molar-refractivity contribution is -0.384. The quantitative estimate of drug-likeness (QED) is 0.532. The molecule has 0 aliphatic rings. The van der Waals surface area contributed by atoms with Crippen LogP contribution in [-0.2, 0) is 0 Å². The number of benzene rings is 2. The van der Waals surface area contributed by atoms with Crippen molar-refractivity contribution >= 4 is 16.6 Å². The van der Waals surface area contributed by atoms with Crippen LogP contribution in [0.1, 0.15) is 0 Å². The lowest BCUT2D eigenvalue weighted by Crippen LogP contribution is -1.90. The standard InChI is InChI=1S/C15H10N2O3/c18-17(19)11-4-3-5-12(10-11)20-15-8-9-16-14-7-2-1-6-13(14)15/h1-10H. The van der Waals surface area contributed by atoms with E-state index in [0.29, 0.717) is 11.5 Å². The van der Waals surface area contributed by atoms with Crippen LogP contribution in [-0.4, -0.2) is 9.91 Å². The fraction of sp³-hybridized carbons (Fsp3) is 0. The molecule has 0 saturated heterocycles. The lowest BCUT2D eigenvalue weighted by atomic mass is 10.2. The van der Waals surface area contributed by atoms with Crippen LogP contribution in [0, 0.1) is 10.1 Å². The number of nitro benzene ring substituents is 1. The largest absolute Gasteiger partial charge is 0.456 e. The van der Waals surface area contributed by atoms with Crippen LogP contribution in [0.4, 0.5) is 5.69 Å². The number of aromatic nitrogens is 1. The zero-order chi connectivity index (χ0) is 13.9. The minimum atomic E-state index is -0.447. The van der Waals surface area contributed by atoms with E-state index in [0.717, 1.165) is 10.9 Å². The molecule has 0 saturated carbocycles. The topological polar surface area (TPSA) is 65.3 Å². The first-order valence-electron chi connectivity index (χ1n) is 6.00. The van der Waals surface area contributed by atoms with E-state index >= 15 is 0 Å². The Kier molecular flexibility index (Phi) is 3.01. The minimum Gasteiger partial charge on any atom is -0.456 e. The van der Waals surface area contributed by atoms with Crippen LogP contribution in [0.15, 0.2) is 60.8 Å². The van der Waals surface area contributed by atoms with Crippen molar-refractivity contribution in [3.63, 3.8) is 0 Å².